The second-order valence-electron chi connectivity index (χ2n) is 5.52. The molecule has 1 aromatic rings. The van der Waals surface area contributed by atoms with Gasteiger partial charge in [-0.05, 0) is 30.4 Å². The number of hydrogen-bond acceptors (Lipinski definition) is 2. The molecule has 19 heavy (non-hydrogen) atoms. The monoisotopic (exact) mass is 260 g/mol. The maximum Gasteiger partial charge on any atom is 0.240 e. The Labute approximate surface area is 115 Å². The Morgan fingerprint density at radius 3 is 2.47 bits per heavy atom. The minimum absolute atomic E-state index is 0.0121. The second-order valence-corrected chi connectivity index (χ2v) is 5.52. The van der Waals surface area contributed by atoms with E-state index in [-0.39, 0.29) is 5.91 Å². The van der Waals surface area contributed by atoms with Gasteiger partial charge in [0.2, 0.25) is 5.91 Å². The molecule has 0 bridgehead atoms. The van der Waals surface area contributed by atoms with E-state index in [0.29, 0.717) is 6.54 Å². The Hall–Kier alpha value is -1.35. The summed E-state index contributed by atoms with van der Waals surface area (Å²) in [5, 5.41) is 3.02. The third kappa shape index (κ3) is 3.35. The molecule has 0 aromatic heterocycles. The zero-order valence-corrected chi connectivity index (χ0v) is 11.7. The van der Waals surface area contributed by atoms with Crippen LogP contribution in [0.15, 0.2) is 24.3 Å². The van der Waals surface area contributed by atoms with Crippen molar-refractivity contribution in [2.24, 2.45) is 5.73 Å². The first-order chi connectivity index (χ1) is 9.15. The first-order valence-electron chi connectivity index (χ1n) is 7.30. The van der Waals surface area contributed by atoms with E-state index in [9.17, 15) is 4.79 Å². The molecule has 1 aliphatic carbocycles. The van der Waals surface area contributed by atoms with Crippen molar-refractivity contribution in [3.05, 3.63) is 35.4 Å². The zero-order chi connectivity index (χ0) is 13.7. The minimum Gasteiger partial charge on any atom is -0.350 e. The van der Waals surface area contributed by atoms with Crippen LogP contribution in [0.3, 0.4) is 0 Å². The Morgan fingerprint density at radius 1 is 1.21 bits per heavy atom. The van der Waals surface area contributed by atoms with Gasteiger partial charge in [-0.1, -0.05) is 50.5 Å². The Kier molecular flexibility index (Phi) is 4.59. The van der Waals surface area contributed by atoms with Crippen LogP contribution in [0.4, 0.5) is 0 Å². The number of carbonyl (C=O) groups is 1. The third-order valence-electron chi connectivity index (χ3n) is 4.14. The molecule has 1 aromatic carbocycles. The van der Waals surface area contributed by atoms with E-state index < -0.39 is 5.54 Å². The lowest BCUT2D eigenvalue weighted by Gasteiger charge is -2.31. The van der Waals surface area contributed by atoms with Crippen molar-refractivity contribution in [3.63, 3.8) is 0 Å². The highest BCUT2D eigenvalue weighted by Crippen LogP contribution is 2.26. The summed E-state index contributed by atoms with van der Waals surface area (Å²) < 4.78 is 0. The van der Waals surface area contributed by atoms with E-state index in [4.69, 9.17) is 5.73 Å². The van der Waals surface area contributed by atoms with Crippen LogP contribution in [-0.2, 0) is 17.8 Å². The highest BCUT2D eigenvalue weighted by atomic mass is 16.2. The van der Waals surface area contributed by atoms with Gasteiger partial charge in [0.15, 0.2) is 0 Å². The molecule has 0 atom stereocenters. The summed E-state index contributed by atoms with van der Waals surface area (Å²) in [6.07, 6.45) is 5.94. The Morgan fingerprint density at radius 2 is 1.84 bits per heavy atom. The van der Waals surface area contributed by atoms with Gasteiger partial charge in [0.25, 0.3) is 0 Å². The first kappa shape index (κ1) is 14.1. The summed E-state index contributed by atoms with van der Waals surface area (Å²) in [5.41, 5.74) is 8.07. The largest absolute Gasteiger partial charge is 0.350 e. The van der Waals surface area contributed by atoms with Gasteiger partial charge in [-0.25, -0.2) is 0 Å². The van der Waals surface area contributed by atoms with Crippen LogP contribution in [0.5, 0.6) is 0 Å². The SMILES string of the molecule is CCc1ccccc1CNC(=O)C1(N)CCCCC1. The van der Waals surface area contributed by atoms with Gasteiger partial charge >= 0.3 is 0 Å². The number of nitrogens with two attached hydrogens (primary N) is 1. The second kappa shape index (κ2) is 6.20. The molecule has 0 spiro atoms. The van der Waals surface area contributed by atoms with E-state index >= 15 is 0 Å². The van der Waals surface area contributed by atoms with E-state index in [2.05, 4.69) is 24.4 Å². The van der Waals surface area contributed by atoms with Crippen molar-refractivity contribution in [2.45, 2.75) is 57.5 Å². The summed E-state index contributed by atoms with van der Waals surface area (Å²) in [4.78, 5) is 12.3. The predicted molar refractivity (Wildman–Crippen MR) is 77.7 cm³/mol. The van der Waals surface area contributed by atoms with Gasteiger partial charge in [0.05, 0.1) is 5.54 Å². The quantitative estimate of drug-likeness (QED) is 0.874. The fourth-order valence-corrected chi connectivity index (χ4v) is 2.84. The minimum atomic E-state index is -0.639. The Bertz CT molecular complexity index is 436. The number of amides is 1. The lowest BCUT2D eigenvalue weighted by molar-refractivity contribution is -0.127. The molecule has 3 N–H and O–H groups in total. The van der Waals surface area contributed by atoms with Gasteiger partial charge in [0, 0.05) is 6.54 Å². The molecule has 1 saturated carbocycles. The van der Waals surface area contributed by atoms with Gasteiger partial charge in [-0.2, -0.15) is 0 Å². The predicted octanol–water partition coefficient (Wildman–Crippen LogP) is 2.53. The molecule has 0 radical (unpaired) electrons. The summed E-state index contributed by atoms with van der Waals surface area (Å²) >= 11 is 0. The van der Waals surface area contributed by atoms with Crippen molar-refractivity contribution in [1.82, 2.24) is 5.32 Å². The fourth-order valence-electron chi connectivity index (χ4n) is 2.84. The van der Waals surface area contributed by atoms with Crippen LogP contribution in [-0.4, -0.2) is 11.4 Å². The molecule has 1 fully saturated rings. The molecule has 0 saturated heterocycles. The van der Waals surface area contributed by atoms with Crippen molar-refractivity contribution in [1.29, 1.82) is 0 Å². The van der Waals surface area contributed by atoms with Crippen molar-refractivity contribution >= 4 is 5.91 Å². The van der Waals surface area contributed by atoms with Crippen LogP contribution >= 0.6 is 0 Å². The molecule has 104 valence electrons. The van der Waals surface area contributed by atoms with Crippen LogP contribution in [0.2, 0.25) is 0 Å². The molecule has 3 nitrogen and oxygen atoms in total. The van der Waals surface area contributed by atoms with Crippen molar-refractivity contribution in [2.75, 3.05) is 0 Å². The lowest BCUT2D eigenvalue weighted by Crippen LogP contribution is -2.54. The molecule has 0 heterocycles. The lowest BCUT2D eigenvalue weighted by atomic mass is 9.82. The van der Waals surface area contributed by atoms with Gasteiger partial charge in [-0.15, -0.1) is 0 Å². The molecule has 0 aliphatic heterocycles. The number of benzene rings is 1. The highest BCUT2D eigenvalue weighted by Gasteiger charge is 2.34. The molecule has 2 rings (SSSR count). The van der Waals surface area contributed by atoms with E-state index in [1.165, 1.54) is 17.5 Å². The number of carbonyl (C=O) groups excluding carboxylic acids is 1. The number of aryl methyl sites for hydroxylation is 1. The average Bonchev–Trinajstić information content (AvgIpc) is 2.45. The summed E-state index contributed by atoms with van der Waals surface area (Å²) in [5.74, 6) is 0.0121. The first-order valence-corrected chi connectivity index (χ1v) is 7.30. The molecule has 1 amide bonds. The van der Waals surface area contributed by atoms with Crippen LogP contribution in [0, 0.1) is 0 Å². The molecule has 1 aliphatic rings. The fraction of sp³-hybridized carbons (Fsp3) is 0.562. The molecule has 0 unspecified atom stereocenters. The normalized spacial score (nSPS) is 18.0. The van der Waals surface area contributed by atoms with Crippen LogP contribution in [0.25, 0.3) is 0 Å². The number of nitrogens with one attached hydrogen (secondary N) is 1. The highest BCUT2D eigenvalue weighted by molar-refractivity contribution is 5.86. The summed E-state index contributed by atoms with van der Waals surface area (Å²) in [6.45, 7) is 2.72. The molecule has 3 heteroatoms. The average molecular weight is 260 g/mol. The van der Waals surface area contributed by atoms with Gasteiger partial charge in [-0.3, -0.25) is 4.79 Å². The van der Waals surface area contributed by atoms with Gasteiger partial charge in [0.1, 0.15) is 0 Å². The van der Waals surface area contributed by atoms with E-state index in [0.717, 1.165) is 32.1 Å². The Balaban J connectivity index is 1.96. The maximum atomic E-state index is 12.3. The van der Waals surface area contributed by atoms with E-state index in [1.54, 1.807) is 0 Å². The number of rotatable bonds is 4. The van der Waals surface area contributed by atoms with Crippen LogP contribution in [0.1, 0.15) is 50.2 Å². The number of hydrogen-bond donors (Lipinski definition) is 2. The topological polar surface area (TPSA) is 55.1 Å². The molecular weight excluding hydrogens is 236 g/mol. The third-order valence-corrected chi connectivity index (χ3v) is 4.14. The summed E-state index contributed by atoms with van der Waals surface area (Å²) in [6, 6.07) is 8.23. The van der Waals surface area contributed by atoms with Crippen molar-refractivity contribution in [3.8, 4) is 0 Å². The molecular formula is C16H24N2O. The standard InChI is InChI=1S/C16H24N2O/c1-2-13-8-4-5-9-14(13)12-18-15(19)16(17)10-6-3-7-11-16/h4-5,8-9H,2-3,6-7,10-12,17H2,1H3,(H,18,19). The maximum absolute atomic E-state index is 12.3. The smallest absolute Gasteiger partial charge is 0.240 e. The van der Waals surface area contributed by atoms with E-state index in [1.807, 2.05) is 12.1 Å². The van der Waals surface area contributed by atoms with Crippen LogP contribution < -0.4 is 11.1 Å². The van der Waals surface area contributed by atoms with Gasteiger partial charge < -0.3 is 11.1 Å². The zero-order valence-electron chi connectivity index (χ0n) is 11.7. The van der Waals surface area contributed by atoms with Crippen molar-refractivity contribution < 1.29 is 4.79 Å². The summed E-state index contributed by atoms with van der Waals surface area (Å²) in [7, 11) is 0.